The van der Waals surface area contributed by atoms with Crippen LogP contribution in [0.2, 0.25) is 0 Å². The highest BCUT2D eigenvalue weighted by molar-refractivity contribution is 5.81. The van der Waals surface area contributed by atoms with Gasteiger partial charge in [0.25, 0.3) is 11.8 Å². The molecule has 2 aliphatic rings. The number of hydrogen-bond acceptors (Lipinski definition) is 10. The number of nitrogens with zero attached hydrogens (tertiary/aromatic N) is 3. The molecule has 15 heteroatoms. The second-order valence-corrected chi connectivity index (χ2v) is 9.76. The van der Waals surface area contributed by atoms with Crippen LogP contribution in [0.4, 0.5) is 4.79 Å². The minimum absolute atomic E-state index is 0.00956. The molecule has 0 bridgehead atoms. The van der Waals surface area contributed by atoms with E-state index >= 15 is 0 Å². The molecule has 2 heterocycles. The van der Waals surface area contributed by atoms with Crippen LogP contribution in [-0.2, 0) is 38.4 Å². The number of carbonyl (C=O) groups is 7. The zero-order valence-electron chi connectivity index (χ0n) is 23.0. The Labute approximate surface area is 232 Å². The summed E-state index contributed by atoms with van der Waals surface area (Å²) in [5.41, 5.74) is 0. The van der Waals surface area contributed by atoms with Gasteiger partial charge < -0.3 is 35.1 Å². The monoisotopic (exact) mass is 569 g/mol. The molecule has 0 aromatic carbocycles. The smallest absolute Gasteiger partial charge is 0.334 e. The first-order chi connectivity index (χ1) is 19.0. The zero-order valence-corrected chi connectivity index (χ0v) is 23.0. The number of hydroxylamine groups is 4. The maximum absolute atomic E-state index is 12.9. The SMILES string of the molecule is CC1NC(=O)NC1CCCCCC(=O)N(CCC(=O)ON(C)C(=O)CCC=O)CCC(=O)ON1C(=O)CCC1O. The molecule has 15 nitrogen and oxygen atoms in total. The van der Waals surface area contributed by atoms with Crippen LogP contribution in [0.25, 0.3) is 0 Å². The van der Waals surface area contributed by atoms with Crippen LogP contribution in [0.1, 0.15) is 77.6 Å². The van der Waals surface area contributed by atoms with E-state index in [4.69, 9.17) is 9.68 Å². The van der Waals surface area contributed by atoms with Gasteiger partial charge in [-0.15, -0.1) is 5.06 Å². The molecular formula is C25H39N5O10. The van der Waals surface area contributed by atoms with Gasteiger partial charge in [0, 0.05) is 58.3 Å². The fraction of sp³-hybridized carbons (Fsp3) is 0.720. The van der Waals surface area contributed by atoms with E-state index in [1.807, 2.05) is 6.92 Å². The molecule has 0 aliphatic carbocycles. The zero-order chi connectivity index (χ0) is 29.7. The first-order valence-corrected chi connectivity index (χ1v) is 13.5. The lowest BCUT2D eigenvalue weighted by Crippen LogP contribution is -2.38. The molecule has 0 spiro atoms. The Bertz CT molecular complexity index is 945. The predicted molar refractivity (Wildman–Crippen MR) is 136 cm³/mol. The number of nitrogens with one attached hydrogen (secondary N) is 2. The number of hydrogen-bond donors (Lipinski definition) is 3. The van der Waals surface area contributed by atoms with Gasteiger partial charge in [0.2, 0.25) is 5.91 Å². The molecule has 0 aromatic rings. The highest BCUT2D eigenvalue weighted by Gasteiger charge is 2.33. The summed E-state index contributed by atoms with van der Waals surface area (Å²) < 4.78 is 0. The summed E-state index contributed by atoms with van der Waals surface area (Å²) in [5.74, 6) is -2.99. The molecule has 3 atom stereocenters. The molecule has 5 amide bonds. The van der Waals surface area contributed by atoms with E-state index in [0.717, 1.165) is 24.3 Å². The van der Waals surface area contributed by atoms with Gasteiger partial charge in [0.05, 0.1) is 18.9 Å². The molecule has 0 radical (unpaired) electrons. The van der Waals surface area contributed by atoms with E-state index in [2.05, 4.69) is 10.6 Å². The fourth-order valence-corrected chi connectivity index (χ4v) is 4.26. The second kappa shape index (κ2) is 16.4. The normalized spacial score (nSPS) is 20.0. The summed E-state index contributed by atoms with van der Waals surface area (Å²) in [5, 5.41) is 16.7. The van der Waals surface area contributed by atoms with Crippen LogP contribution < -0.4 is 10.6 Å². The van der Waals surface area contributed by atoms with Crippen molar-refractivity contribution >= 4 is 42.0 Å². The van der Waals surface area contributed by atoms with Crippen LogP contribution in [0.3, 0.4) is 0 Å². The minimum atomic E-state index is -1.22. The highest BCUT2D eigenvalue weighted by Crippen LogP contribution is 2.17. The van der Waals surface area contributed by atoms with Crippen molar-refractivity contribution in [1.29, 1.82) is 0 Å². The van der Waals surface area contributed by atoms with E-state index < -0.39 is 30.0 Å². The first-order valence-electron chi connectivity index (χ1n) is 13.5. The summed E-state index contributed by atoms with van der Waals surface area (Å²) in [6.07, 6.45) is 1.87. The van der Waals surface area contributed by atoms with Gasteiger partial charge in [-0.3, -0.25) is 14.4 Å². The number of rotatable bonds is 16. The van der Waals surface area contributed by atoms with Crippen molar-refractivity contribution in [2.24, 2.45) is 0 Å². The molecule has 0 aromatic heterocycles. The predicted octanol–water partition coefficient (Wildman–Crippen LogP) is -0.0897. The van der Waals surface area contributed by atoms with Crippen molar-refractivity contribution in [3.05, 3.63) is 0 Å². The number of amides is 5. The van der Waals surface area contributed by atoms with Gasteiger partial charge in [0.1, 0.15) is 6.29 Å². The van der Waals surface area contributed by atoms with Crippen LogP contribution in [0.5, 0.6) is 0 Å². The summed E-state index contributed by atoms with van der Waals surface area (Å²) in [6.45, 7) is 1.72. The Morgan fingerprint density at radius 1 is 1.00 bits per heavy atom. The van der Waals surface area contributed by atoms with Gasteiger partial charge in [-0.05, 0) is 19.8 Å². The van der Waals surface area contributed by atoms with Crippen molar-refractivity contribution in [3.8, 4) is 0 Å². The van der Waals surface area contributed by atoms with E-state index in [0.29, 0.717) is 17.8 Å². The van der Waals surface area contributed by atoms with E-state index in [1.165, 1.54) is 11.9 Å². The number of unbranched alkanes of at least 4 members (excludes halogenated alkanes) is 2. The number of aliphatic hydroxyl groups is 1. The Morgan fingerprint density at radius 3 is 2.30 bits per heavy atom. The van der Waals surface area contributed by atoms with Crippen molar-refractivity contribution in [3.63, 3.8) is 0 Å². The number of aliphatic hydroxyl groups excluding tert-OH is 1. The van der Waals surface area contributed by atoms with Crippen LogP contribution >= 0.6 is 0 Å². The summed E-state index contributed by atoms with van der Waals surface area (Å²) in [6, 6.07) is -0.137. The molecule has 40 heavy (non-hydrogen) atoms. The Morgan fingerprint density at radius 2 is 1.70 bits per heavy atom. The first kappa shape index (κ1) is 32.5. The molecule has 2 aliphatic heterocycles. The minimum Gasteiger partial charge on any atom is -0.370 e. The Balaban J connectivity index is 1.84. The molecule has 3 N–H and O–H groups in total. The fourth-order valence-electron chi connectivity index (χ4n) is 4.26. The lowest BCUT2D eigenvalue weighted by atomic mass is 10.0. The van der Waals surface area contributed by atoms with E-state index in [1.54, 1.807) is 0 Å². The van der Waals surface area contributed by atoms with Gasteiger partial charge in [-0.1, -0.05) is 12.8 Å². The van der Waals surface area contributed by atoms with Gasteiger partial charge >= 0.3 is 18.0 Å². The third-order valence-electron chi connectivity index (χ3n) is 6.61. The summed E-state index contributed by atoms with van der Waals surface area (Å²) in [4.78, 5) is 94.1. The van der Waals surface area contributed by atoms with Gasteiger partial charge in [-0.25, -0.2) is 14.4 Å². The summed E-state index contributed by atoms with van der Waals surface area (Å²) >= 11 is 0. The molecule has 2 rings (SSSR count). The molecule has 3 unspecified atom stereocenters. The second-order valence-electron chi connectivity index (χ2n) is 9.76. The Kier molecular flexibility index (Phi) is 13.3. The Hall–Kier alpha value is -3.75. The third-order valence-corrected chi connectivity index (χ3v) is 6.61. The lowest BCUT2D eigenvalue weighted by Gasteiger charge is -2.24. The van der Waals surface area contributed by atoms with Crippen molar-refractivity contribution in [1.82, 2.24) is 25.7 Å². The molecule has 0 saturated carbocycles. The summed E-state index contributed by atoms with van der Waals surface area (Å²) in [7, 11) is 1.24. The highest BCUT2D eigenvalue weighted by atomic mass is 16.7. The van der Waals surface area contributed by atoms with Crippen molar-refractivity contribution in [2.75, 3.05) is 20.1 Å². The van der Waals surface area contributed by atoms with Crippen molar-refractivity contribution < 1.29 is 48.3 Å². The quantitative estimate of drug-likeness (QED) is 0.129. The number of aldehydes is 1. The number of urea groups is 1. The van der Waals surface area contributed by atoms with Crippen LogP contribution in [0, 0.1) is 0 Å². The topological polar surface area (TPSA) is 192 Å². The van der Waals surface area contributed by atoms with Gasteiger partial charge in [0.15, 0.2) is 6.23 Å². The molecule has 2 fully saturated rings. The van der Waals surface area contributed by atoms with Crippen LogP contribution in [0.15, 0.2) is 0 Å². The maximum Gasteiger partial charge on any atom is 0.334 e. The molecule has 2 saturated heterocycles. The maximum atomic E-state index is 12.9. The number of carbonyl (C=O) groups excluding carboxylic acids is 7. The standard InChI is InChI=1S/C25H39N5O10/c1-17-18(27-25(38)26-17)7-4-3-5-8-20(33)29(14-12-23(36)39-28(2)19(32)9-6-16-31)15-13-24(37)40-30-21(34)10-11-22(30)35/h16-18,21,34H,3-15H2,1-2H3,(H2,26,27,38). The van der Waals surface area contributed by atoms with E-state index in [-0.39, 0.29) is 82.1 Å². The van der Waals surface area contributed by atoms with E-state index in [9.17, 15) is 38.7 Å². The molecule has 224 valence electrons. The average Bonchev–Trinajstić information content (AvgIpc) is 3.40. The van der Waals surface area contributed by atoms with Crippen molar-refractivity contribution in [2.45, 2.75) is 95.9 Å². The average molecular weight is 570 g/mol. The molecular weight excluding hydrogens is 530 g/mol. The third kappa shape index (κ3) is 10.8. The lowest BCUT2D eigenvalue weighted by molar-refractivity contribution is -0.220. The largest absolute Gasteiger partial charge is 0.370 e. The van der Waals surface area contributed by atoms with Crippen LogP contribution in [-0.4, -0.2) is 101 Å². The van der Waals surface area contributed by atoms with Gasteiger partial charge in [-0.2, -0.15) is 5.06 Å².